The summed E-state index contributed by atoms with van der Waals surface area (Å²) in [6.07, 6.45) is 3.44. The summed E-state index contributed by atoms with van der Waals surface area (Å²) < 4.78 is 0.887. The van der Waals surface area contributed by atoms with Crippen molar-refractivity contribution in [3.8, 4) is 0 Å². The molecule has 2 aromatic carbocycles. The second-order valence-corrected chi connectivity index (χ2v) is 7.30. The molecule has 25 heavy (non-hydrogen) atoms. The third kappa shape index (κ3) is 2.76. The number of fused-ring (bicyclic) bond motifs is 2. The van der Waals surface area contributed by atoms with E-state index in [1.165, 1.54) is 4.90 Å². The summed E-state index contributed by atoms with van der Waals surface area (Å²) in [5.74, 6) is -0.342. The number of benzene rings is 2. The van der Waals surface area contributed by atoms with Crippen molar-refractivity contribution in [2.45, 2.75) is 18.9 Å². The summed E-state index contributed by atoms with van der Waals surface area (Å²) in [6.45, 7) is 0. The Hall–Kier alpha value is -2.15. The Morgan fingerprint density at radius 1 is 0.960 bits per heavy atom. The lowest BCUT2D eigenvalue weighted by atomic mass is 10.0. The fraction of sp³-hybridized carbons (Fsp3) is 0.200. The lowest BCUT2D eigenvalue weighted by Crippen LogP contribution is -2.41. The van der Waals surface area contributed by atoms with Crippen LogP contribution in [0.1, 0.15) is 32.7 Å². The normalized spacial score (nSPS) is 15.0. The van der Waals surface area contributed by atoms with Crippen LogP contribution >= 0.6 is 22.6 Å². The Morgan fingerprint density at radius 3 is 2.28 bits per heavy atom. The number of aromatic nitrogens is 1. The number of alkyl halides is 1. The first kappa shape index (κ1) is 16.3. The van der Waals surface area contributed by atoms with Crippen molar-refractivity contribution in [2.24, 2.45) is 0 Å². The van der Waals surface area contributed by atoms with Gasteiger partial charge in [0.1, 0.15) is 0 Å². The predicted octanol–water partition coefficient (Wildman–Crippen LogP) is 4.20. The van der Waals surface area contributed by atoms with Crippen molar-refractivity contribution < 1.29 is 9.59 Å². The molecule has 1 atom stereocenters. The molecule has 126 valence electrons. The maximum Gasteiger partial charge on any atom is 0.261 e. The highest BCUT2D eigenvalue weighted by Crippen LogP contribution is 2.29. The number of H-pyrrole nitrogens is 1. The largest absolute Gasteiger partial charge is 0.361 e. The smallest absolute Gasteiger partial charge is 0.261 e. The van der Waals surface area contributed by atoms with Gasteiger partial charge >= 0.3 is 0 Å². The predicted molar refractivity (Wildman–Crippen MR) is 106 cm³/mol. The minimum absolute atomic E-state index is 0.136. The standard InChI is InChI=1S/C20H17IN2O2/c21-10-9-14(11-13-12-22-18-8-4-3-5-15(13)18)23-19(24)16-6-1-2-7-17(16)20(23)25/h1-8,12,14,22H,9-11H2/t14-/m1/s1. The van der Waals surface area contributed by atoms with Gasteiger partial charge in [0.25, 0.3) is 11.8 Å². The van der Waals surface area contributed by atoms with Crippen LogP contribution in [0.25, 0.3) is 10.9 Å². The molecule has 0 fully saturated rings. The minimum Gasteiger partial charge on any atom is -0.361 e. The highest BCUT2D eigenvalue weighted by molar-refractivity contribution is 14.1. The van der Waals surface area contributed by atoms with Crippen molar-refractivity contribution in [2.75, 3.05) is 4.43 Å². The van der Waals surface area contributed by atoms with Gasteiger partial charge in [0.05, 0.1) is 11.1 Å². The number of imide groups is 1. The van der Waals surface area contributed by atoms with Gasteiger partial charge in [-0.25, -0.2) is 0 Å². The summed E-state index contributed by atoms with van der Waals surface area (Å²) in [6, 6.07) is 15.1. The lowest BCUT2D eigenvalue weighted by molar-refractivity contribution is 0.0581. The van der Waals surface area contributed by atoms with Crippen LogP contribution in [0.5, 0.6) is 0 Å². The Balaban J connectivity index is 1.68. The molecule has 3 aromatic rings. The number of carbonyl (C=O) groups is 2. The van der Waals surface area contributed by atoms with E-state index < -0.39 is 0 Å². The van der Waals surface area contributed by atoms with Gasteiger partial charge in [0.2, 0.25) is 0 Å². The Kier molecular flexibility index (Phi) is 4.33. The van der Waals surface area contributed by atoms with Crippen LogP contribution in [-0.4, -0.2) is 32.2 Å². The highest BCUT2D eigenvalue weighted by atomic mass is 127. The van der Waals surface area contributed by atoms with Crippen LogP contribution in [0.2, 0.25) is 0 Å². The Morgan fingerprint density at radius 2 is 1.60 bits per heavy atom. The summed E-state index contributed by atoms with van der Waals surface area (Å²) >= 11 is 2.31. The van der Waals surface area contributed by atoms with E-state index >= 15 is 0 Å². The van der Waals surface area contributed by atoms with E-state index in [9.17, 15) is 9.59 Å². The monoisotopic (exact) mass is 444 g/mol. The van der Waals surface area contributed by atoms with Gasteiger partial charge < -0.3 is 4.98 Å². The molecule has 0 saturated heterocycles. The van der Waals surface area contributed by atoms with Crippen molar-refractivity contribution in [1.82, 2.24) is 9.88 Å². The summed E-state index contributed by atoms with van der Waals surface area (Å²) in [4.78, 5) is 30.4. The second kappa shape index (κ2) is 6.63. The first-order valence-electron chi connectivity index (χ1n) is 8.28. The summed E-state index contributed by atoms with van der Waals surface area (Å²) in [7, 11) is 0. The van der Waals surface area contributed by atoms with Crippen LogP contribution in [0.15, 0.2) is 54.7 Å². The van der Waals surface area contributed by atoms with E-state index in [1.807, 2.05) is 24.4 Å². The molecular formula is C20H17IN2O2. The number of aromatic amines is 1. The summed E-state index contributed by atoms with van der Waals surface area (Å²) in [5.41, 5.74) is 3.25. The fourth-order valence-corrected chi connectivity index (χ4v) is 4.26. The number of halogens is 1. The first-order valence-corrected chi connectivity index (χ1v) is 9.81. The van der Waals surface area contributed by atoms with Crippen LogP contribution in [0.4, 0.5) is 0 Å². The van der Waals surface area contributed by atoms with E-state index in [-0.39, 0.29) is 17.9 Å². The molecule has 1 aromatic heterocycles. The molecule has 0 saturated carbocycles. The van der Waals surface area contributed by atoms with E-state index in [4.69, 9.17) is 0 Å². The van der Waals surface area contributed by atoms with Gasteiger partial charge in [-0.05, 0) is 36.6 Å². The van der Waals surface area contributed by atoms with Crippen molar-refractivity contribution in [3.05, 3.63) is 71.4 Å². The van der Waals surface area contributed by atoms with E-state index in [1.54, 1.807) is 24.3 Å². The molecule has 1 N–H and O–H groups in total. The Bertz CT molecular complexity index is 928. The van der Waals surface area contributed by atoms with Crippen LogP contribution in [-0.2, 0) is 6.42 Å². The topological polar surface area (TPSA) is 53.2 Å². The van der Waals surface area contributed by atoms with Gasteiger partial charge in [0.15, 0.2) is 0 Å². The lowest BCUT2D eigenvalue weighted by Gasteiger charge is -2.25. The highest BCUT2D eigenvalue weighted by Gasteiger charge is 2.39. The molecule has 1 aliphatic heterocycles. The zero-order valence-corrected chi connectivity index (χ0v) is 15.7. The van der Waals surface area contributed by atoms with Crippen LogP contribution in [0.3, 0.4) is 0 Å². The van der Waals surface area contributed by atoms with E-state index in [0.29, 0.717) is 17.5 Å². The van der Waals surface area contributed by atoms with Crippen molar-refractivity contribution >= 4 is 45.3 Å². The fourth-order valence-electron chi connectivity index (χ4n) is 3.54. The van der Waals surface area contributed by atoms with Gasteiger partial charge in [0, 0.05) is 27.6 Å². The quantitative estimate of drug-likeness (QED) is 0.365. The molecule has 5 heteroatoms. The number of carbonyl (C=O) groups excluding carboxylic acids is 2. The zero-order chi connectivity index (χ0) is 17.4. The number of hydrogen-bond donors (Lipinski definition) is 1. The molecule has 0 aliphatic carbocycles. The maximum atomic E-state index is 12.8. The van der Waals surface area contributed by atoms with E-state index in [2.05, 4.69) is 33.6 Å². The number of para-hydroxylation sites is 1. The van der Waals surface area contributed by atoms with Crippen molar-refractivity contribution in [3.63, 3.8) is 0 Å². The SMILES string of the molecule is O=C1c2ccccc2C(=O)N1[C@H](CCI)Cc1c[nH]c2ccccc12. The number of rotatable bonds is 5. The Labute approximate surface area is 159 Å². The molecule has 0 spiro atoms. The number of hydrogen-bond acceptors (Lipinski definition) is 2. The average Bonchev–Trinajstić information content (AvgIpc) is 3.15. The number of amides is 2. The van der Waals surface area contributed by atoms with Gasteiger partial charge in [-0.2, -0.15) is 0 Å². The van der Waals surface area contributed by atoms with Gasteiger partial charge in [-0.1, -0.05) is 52.9 Å². The van der Waals surface area contributed by atoms with Gasteiger partial charge in [-0.15, -0.1) is 0 Å². The molecule has 0 unspecified atom stereocenters. The average molecular weight is 444 g/mol. The molecular weight excluding hydrogens is 427 g/mol. The maximum absolute atomic E-state index is 12.8. The second-order valence-electron chi connectivity index (χ2n) is 6.22. The molecule has 4 rings (SSSR count). The molecule has 4 nitrogen and oxygen atoms in total. The molecule has 0 bridgehead atoms. The number of nitrogens with one attached hydrogen (secondary N) is 1. The molecule has 2 amide bonds. The van der Waals surface area contributed by atoms with Crippen LogP contribution < -0.4 is 0 Å². The third-order valence-corrected chi connectivity index (χ3v) is 5.39. The molecule has 0 radical (unpaired) electrons. The molecule has 2 heterocycles. The van der Waals surface area contributed by atoms with E-state index in [0.717, 1.165) is 27.3 Å². The van der Waals surface area contributed by atoms with Gasteiger partial charge in [-0.3, -0.25) is 14.5 Å². The number of nitrogens with zero attached hydrogens (tertiary/aromatic N) is 1. The van der Waals surface area contributed by atoms with Crippen LogP contribution in [0, 0.1) is 0 Å². The summed E-state index contributed by atoms with van der Waals surface area (Å²) in [5, 5.41) is 1.15. The van der Waals surface area contributed by atoms with Crippen molar-refractivity contribution in [1.29, 1.82) is 0 Å². The zero-order valence-electron chi connectivity index (χ0n) is 13.5. The molecule has 1 aliphatic rings. The minimum atomic E-state index is -0.171. The first-order chi connectivity index (χ1) is 12.2. The third-order valence-electron chi connectivity index (χ3n) is 4.76.